The van der Waals surface area contributed by atoms with Crippen LogP contribution < -0.4 is 0 Å². The molecule has 1 aliphatic rings. The van der Waals surface area contributed by atoms with E-state index in [1.165, 1.54) is 4.90 Å². The van der Waals surface area contributed by atoms with Gasteiger partial charge in [0.2, 0.25) is 0 Å². The smallest absolute Gasteiger partial charge is 0.262 e. The van der Waals surface area contributed by atoms with Crippen molar-refractivity contribution in [1.82, 2.24) is 4.90 Å². The number of carbonyl (C=O) groups excluding carboxylic acids is 2. The Bertz CT molecular complexity index is 697. The van der Waals surface area contributed by atoms with E-state index in [4.69, 9.17) is 0 Å². The van der Waals surface area contributed by atoms with Gasteiger partial charge < -0.3 is 0 Å². The summed E-state index contributed by atoms with van der Waals surface area (Å²) in [6, 6.07) is 14.5. The van der Waals surface area contributed by atoms with Gasteiger partial charge in [-0.3, -0.25) is 14.5 Å². The molecule has 0 N–H and O–H groups in total. The normalized spacial score (nSPS) is 15.4. The summed E-state index contributed by atoms with van der Waals surface area (Å²) in [7, 11) is 0. The fraction of sp³-hybridized carbons (Fsp3) is 0.125. The summed E-state index contributed by atoms with van der Waals surface area (Å²) < 4.78 is 0.798. The molecule has 3 rings (SSSR count). The van der Waals surface area contributed by atoms with Crippen LogP contribution >= 0.6 is 15.9 Å². The maximum Gasteiger partial charge on any atom is 0.262 e. The Labute approximate surface area is 125 Å². The van der Waals surface area contributed by atoms with E-state index >= 15 is 0 Å². The lowest BCUT2D eigenvalue weighted by Crippen LogP contribution is -2.32. The van der Waals surface area contributed by atoms with E-state index in [-0.39, 0.29) is 17.9 Å². The Morgan fingerprint density at radius 2 is 1.60 bits per heavy atom. The van der Waals surface area contributed by atoms with Crippen molar-refractivity contribution in [3.05, 3.63) is 69.7 Å². The van der Waals surface area contributed by atoms with Gasteiger partial charge in [-0.1, -0.05) is 46.3 Å². The summed E-state index contributed by atoms with van der Waals surface area (Å²) in [5.41, 5.74) is 1.88. The molecule has 20 heavy (non-hydrogen) atoms. The van der Waals surface area contributed by atoms with Crippen LogP contribution in [0.5, 0.6) is 0 Å². The van der Waals surface area contributed by atoms with Gasteiger partial charge in [-0.15, -0.1) is 0 Å². The first-order chi connectivity index (χ1) is 9.59. The van der Waals surface area contributed by atoms with Gasteiger partial charge >= 0.3 is 0 Å². The Hall–Kier alpha value is -1.94. The zero-order valence-corrected chi connectivity index (χ0v) is 12.4. The van der Waals surface area contributed by atoms with Crippen molar-refractivity contribution in [2.45, 2.75) is 13.0 Å². The SMILES string of the molecule is CC(c1ccccc1)N1C(=O)c2ccc(Br)cc2C1=O. The van der Waals surface area contributed by atoms with E-state index in [1.807, 2.05) is 37.3 Å². The number of hydrogen-bond acceptors (Lipinski definition) is 2. The Morgan fingerprint density at radius 3 is 2.30 bits per heavy atom. The van der Waals surface area contributed by atoms with Gasteiger partial charge in [-0.25, -0.2) is 0 Å². The number of imide groups is 1. The van der Waals surface area contributed by atoms with Crippen LogP contribution in [-0.4, -0.2) is 16.7 Å². The van der Waals surface area contributed by atoms with E-state index in [9.17, 15) is 9.59 Å². The highest BCUT2D eigenvalue weighted by molar-refractivity contribution is 9.10. The quantitative estimate of drug-likeness (QED) is 0.786. The van der Waals surface area contributed by atoms with Gasteiger partial charge in [-0.05, 0) is 30.7 Å². The predicted molar refractivity (Wildman–Crippen MR) is 79.5 cm³/mol. The van der Waals surface area contributed by atoms with Crippen LogP contribution in [0, 0.1) is 0 Å². The van der Waals surface area contributed by atoms with Crippen LogP contribution in [-0.2, 0) is 0 Å². The van der Waals surface area contributed by atoms with Gasteiger partial charge in [-0.2, -0.15) is 0 Å². The molecule has 1 aliphatic heterocycles. The molecule has 1 atom stereocenters. The standard InChI is InChI=1S/C16H12BrNO2/c1-10(11-5-3-2-4-6-11)18-15(19)13-8-7-12(17)9-14(13)16(18)20/h2-10H,1H3. The summed E-state index contributed by atoms with van der Waals surface area (Å²) in [6.07, 6.45) is 0. The van der Waals surface area contributed by atoms with Gasteiger partial charge in [0.05, 0.1) is 17.2 Å². The number of amides is 2. The molecule has 0 radical (unpaired) electrons. The summed E-state index contributed by atoms with van der Waals surface area (Å²) in [6.45, 7) is 1.87. The van der Waals surface area contributed by atoms with Crippen molar-refractivity contribution in [1.29, 1.82) is 0 Å². The highest BCUT2D eigenvalue weighted by atomic mass is 79.9. The third-order valence-electron chi connectivity index (χ3n) is 3.55. The van der Waals surface area contributed by atoms with Crippen molar-refractivity contribution in [3.63, 3.8) is 0 Å². The fourth-order valence-corrected chi connectivity index (χ4v) is 2.83. The third kappa shape index (κ3) is 1.96. The molecule has 1 unspecified atom stereocenters. The van der Waals surface area contributed by atoms with Gasteiger partial charge in [0.15, 0.2) is 0 Å². The molecule has 2 aromatic rings. The molecular formula is C16H12BrNO2. The summed E-state index contributed by atoms with van der Waals surface area (Å²) in [5.74, 6) is -0.462. The largest absolute Gasteiger partial charge is 0.269 e. The monoisotopic (exact) mass is 329 g/mol. The van der Waals surface area contributed by atoms with E-state index < -0.39 is 0 Å². The average molecular weight is 330 g/mol. The number of halogens is 1. The van der Waals surface area contributed by atoms with Crippen molar-refractivity contribution in [3.8, 4) is 0 Å². The van der Waals surface area contributed by atoms with Crippen molar-refractivity contribution in [2.75, 3.05) is 0 Å². The highest BCUT2D eigenvalue weighted by Crippen LogP contribution is 2.32. The lowest BCUT2D eigenvalue weighted by molar-refractivity contribution is 0.0595. The Kier molecular flexibility index (Phi) is 3.18. The first-order valence-corrected chi connectivity index (χ1v) is 7.11. The number of fused-ring (bicyclic) bond motifs is 1. The van der Waals surface area contributed by atoms with Gasteiger partial charge in [0.1, 0.15) is 0 Å². The molecular weight excluding hydrogens is 318 g/mol. The van der Waals surface area contributed by atoms with Crippen LogP contribution in [0.15, 0.2) is 53.0 Å². The van der Waals surface area contributed by atoms with Crippen LogP contribution in [0.2, 0.25) is 0 Å². The Morgan fingerprint density at radius 1 is 0.950 bits per heavy atom. The van der Waals surface area contributed by atoms with E-state index in [0.29, 0.717) is 11.1 Å². The van der Waals surface area contributed by atoms with Crippen LogP contribution in [0.1, 0.15) is 39.2 Å². The predicted octanol–water partition coefficient (Wildman–Crippen LogP) is 3.81. The molecule has 4 heteroatoms. The summed E-state index contributed by atoms with van der Waals surface area (Å²) in [5, 5.41) is 0. The maximum absolute atomic E-state index is 12.5. The van der Waals surface area contributed by atoms with E-state index in [2.05, 4.69) is 15.9 Å². The van der Waals surface area contributed by atoms with Crippen LogP contribution in [0.3, 0.4) is 0 Å². The second-order valence-electron chi connectivity index (χ2n) is 4.76. The molecule has 0 saturated heterocycles. The van der Waals surface area contributed by atoms with Crippen molar-refractivity contribution < 1.29 is 9.59 Å². The first-order valence-electron chi connectivity index (χ1n) is 6.32. The lowest BCUT2D eigenvalue weighted by atomic mass is 10.1. The molecule has 100 valence electrons. The molecule has 3 nitrogen and oxygen atoms in total. The average Bonchev–Trinajstić information content (AvgIpc) is 2.71. The first kappa shape index (κ1) is 13.1. The number of rotatable bonds is 2. The molecule has 2 amide bonds. The summed E-state index contributed by atoms with van der Waals surface area (Å²) in [4.78, 5) is 26.2. The second-order valence-corrected chi connectivity index (χ2v) is 5.67. The minimum absolute atomic E-state index is 0.228. The van der Waals surface area contributed by atoms with Crippen LogP contribution in [0.4, 0.5) is 0 Å². The van der Waals surface area contributed by atoms with E-state index in [0.717, 1.165) is 10.0 Å². The van der Waals surface area contributed by atoms with Crippen molar-refractivity contribution >= 4 is 27.7 Å². The third-order valence-corrected chi connectivity index (χ3v) is 4.04. The van der Waals surface area contributed by atoms with Crippen LogP contribution in [0.25, 0.3) is 0 Å². The number of benzene rings is 2. The lowest BCUT2D eigenvalue weighted by Gasteiger charge is -2.22. The molecule has 0 fully saturated rings. The zero-order chi connectivity index (χ0) is 14.3. The molecule has 2 aromatic carbocycles. The number of hydrogen-bond donors (Lipinski definition) is 0. The molecule has 1 heterocycles. The summed E-state index contributed by atoms with van der Waals surface area (Å²) >= 11 is 3.33. The van der Waals surface area contributed by atoms with E-state index in [1.54, 1.807) is 18.2 Å². The molecule has 0 aromatic heterocycles. The topological polar surface area (TPSA) is 37.4 Å². The van der Waals surface area contributed by atoms with Gasteiger partial charge in [0, 0.05) is 4.47 Å². The molecule has 0 aliphatic carbocycles. The fourth-order valence-electron chi connectivity index (χ4n) is 2.46. The minimum atomic E-state index is -0.276. The second kappa shape index (κ2) is 4.87. The molecule has 0 spiro atoms. The molecule has 0 bridgehead atoms. The highest BCUT2D eigenvalue weighted by Gasteiger charge is 2.38. The van der Waals surface area contributed by atoms with Crippen molar-refractivity contribution in [2.24, 2.45) is 0 Å². The zero-order valence-electron chi connectivity index (χ0n) is 10.8. The Balaban J connectivity index is 2.02. The number of carbonyl (C=O) groups is 2. The van der Waals surface area contributed by atoms with Gasteiger partial charge in [0.25, 0.3) is 11.8 Å². The maximum atomic E-state index is 12.5. The number of nitrogens with zero attached hydrogens (tertiary/aromatic N) is 1. The minimum Gasteiger partial charge on any atom is -0.269 e. The molecule has 0 saturated carbocycles.